The number of imide groups is 1. The summed E-state index contributed by atoms with van der Waals surface area (Å²) >= 11 is 0. The topological polar surface area (TPSA) is 55.8 Å². The Kier molecular flexibility index (Phi) is 3.45. The van der Waals surface area contributed by atoms with Gasteiger partial charge in [-0.05, 0) is 30.2 Å². The molecule has 4 rings (SSSR count). The largest absolute Gasteiger partial charge is 0.454 e. The van der Waals surface area contributed by atoms with Crippen LogP contribution in [0.3, 0.4) is 0 Å². The highest BCUT2D eigenvalue weighted by Crippen LogP contribution is 2.38. The van der Waals surface area contributed by atoms with Gasteiger partial charge >= 0.3 is 0 Å². The summed E-state index contributed by atoms with van der Waals surface area (Å²) < 4.78 is 24.3. The molecule has 24 heavy (non-hydrogen) atoms. The first-order valence-electron chi connectivity index (χ1n) is 7.63. The van der Waals surface area contributed by atoms with Crippen molar-refractivity contribution in [3.63, 3.8) is 0 Å². The Bertz CT molecular complexity index is 836. The smallest absolute Gasteiger partial charge is 0.237 e. The van der Waals surface area contributed by atoms with Crippen molar-refractivity contribution in [1.82, 2.24) is 0 Å². The predicted molar refractivity (Wildman–Crippen MR) is 83.3 cm³/mol. The van der Waals surface area contributed by atoms with Crippen LogP contribution in [-0.2, 0) is 16.0 Å². The van der Waals surface area contributed by atoms with Crippen LogP contribution < -0.4 is 14.4 Å². The fourth-order valence-electron chi connectivity index (χ4n) is 3.08. The molecule has 1 atom stereocenters. The van der Waals surface area contributed by atoms with Crippen molar-refractivity contribution in [3.8, 4) is 11.5 Å². The molecule has 0 saturated carbocycles. The van der Waals surface area contributed by atoms with Crippen LogP contribution >= 0.6 is 0 Å². The third-order valence-electron chi connectivity index (χ3n) is 4.28. The molecule has 2 heterocycles. The maximum absolute atomic E-state index is 13.8. The van der Waals surface area contributed by atoms with Gasteiger partial charge in [0.15, 0.2) is 11.5 Å². The quantitative estimate of drug-likeness (QED) is 0.814. The number of hydrogen-bond donors (Lipinski definition) is 0. The number of fused-ring (bicyclic) bond motifs is 1. The van der Waals surface area contributed by atoms with Gasteiger partial charge in [-0.15, -0.1) is 0 Å². The minimum atomic E-state index is -0.556. The van der Waals surface area contributed by atoms with Crippen molar-refractivity contribution in [3.05, 3.63) is 53.8 Å². The molecule has 122 valence electrons. The van der Waals surface area contributed by atoms with Crippen molar-refractivity contribution in [2.45, 2.75) is 12.8 Å². The Morgan fingerprint density at radius 1 is 1.08 bits per heavy atom. The summed E-state index contributed by atoms with van der Waals surface area (Å²) in [5.41, 5.74) is 0.890. The predicted octanol–water partition coefficient (Wildman–Crippen LogP) is 2.68. The second kappa shape index (κ2) is 5.63. The molecule has 1 saturated heterocycles. The lowest BCUT2D eigenvalue weighted by atomic mass is 9.97. The molecule has 0 aromatic heterocycles. The van der Waals surface area contributed by atoms with E-state index in [1.165, 1.54) is 6.07 Å². The van der Waals surface area contributed by atoms with Crippen LogP contribution in [0.5, 0.6) is 11.5 Å². The van der Waals surface area contributed by atoms with Gasteiger partial charge in [0.05, 0.1) is 11.6 Å². The molecule has 1 fully saturated rings. The lowest BCUT2D eigenvalue weighted by Gasteiger charge is -2.15. The molecule has 0 bridgehead atoms. The molecular weight excluding hydrogens is 313 g/mol. The van der Waals surface area contributed by atoms with Gasteiger partial charge in [0, 0.05) is 12.5 Å². The summed E-state index contributed by atoms with van der Waals surface area (Å²) in [6, 6.07) is 11.2. The van der Waals surface area contributed by atoms with Crippen molar-refractivity contribution >= 4 is 17.5 Å². The summed E-state index contributed by atoms with van der Waals surface area (Å²) in [6.07, 6.45) is 0.278. The molecule has 6 heteroatoms. The number of carbonyl (C=O) groups is 2. The summed E-state index contributed by atoms with van der Waals surface area (Å²) in [7, 11) is 0. The molecule has 1 unspecified atom stereocenters. The Morgan fingerprint density at radius 2 is 1.88 bits per heavy atom. The van der Waals surface area contributed by atoms with E-state index in [4.69, 9.17) is 9.47 Å². The lowest BCUT2D eigenvalue weighted by molar-refractivity contribution is -0.122. The number of halogens is 1. The molecule has 2 aromatic rings. The van der Waals surface area contributed by atoms with Crippen LogP contribution in [0.4, 0.5) is 10.1 Å². The first kappa shape index (κ1) is 14.7. The number of ether oxygens (including phenoxy) is 2. The number of carbonyl (C=O) groups excluding carboxylic acids is 2. The number of hydrogen-bond acceptors (Lipinski definition) is 4. The molecule has 0 radical (unpaired) electrons. The summed E-state index contributed by atoms with van der Waals surface area (Å²) in [4.78, 5) is 26.1. The van der Waals surface area contributed by atoms with Gasteiger partial charge in [0.1, 0.15) is 5.82 Å². The average molecular weight is 327 g/mol. The fourth-order valence-corrected chi connectivity index (χ4v) is 3.08. The standard InChI is InChI=1S/C18H14FNO4/c19-14-4-2-1-3-11(14)7-12-8-17(21)20(18(12)22)13-5-6-15-16(9-13)24-10-23-15/h1-6,9,12H,7-8,10H2. The zero-order chi connectivity index (χ0) is 16.7. The Morgan fingerprint density at radius 3 is 2.71 bits per heavy atom. The van der Waals surface area contributed by atoms with Crippen LogP contribution in [0.2, 0.25) is 0 Å². The number of rotatable bonds is 3. The average Bonchev–Trinajstić information content (AvgIpc) is 3.14. The number of amides is 2. The normalized spacial score (nSPS) is 19.2. The molecule has 5 nitrogen and oxygen atoms in total. The van der Waals surface area contributed by atoms with Gasteiger partial charge in [0.25, 0.3) is 0 Å². The van der Waals surface area contributed by atoms with Crippen LogP contribution in [-0.4, -0.2) is 18.6 Å². The van der Waals surface area contributed by atoms with Gasteiger partial charge < -0.3 is 9.47 Å². The van der Waals surface area contributed by atoms with Crippen molar-refractivity contribution in [2.75, 3.05) is 11.7 Å². The van der Waals surface area contributed by atoms with Crippen LogP contribution in [0, 0.1) is 11.7 Å². The third kappa shape index (κ3) is 2.40. The van der Waals surface area contributed by atoms with Gasteiger partial charge in [-0.1, -0.05) is 18.2 Å². The van der Waals surface area contributed by atoms with E-state index >= 15 is 0 Å². The van der Waals surface area contributed by atoms with Crippen LogP contribution in [0.15, 0.2) is 42.5 Å². The highest BCUT2D eigenvalue weighted by atomic mass is 19.1. The van der Waals surface area contributed by atoms with E-state index < -0.39 is 5.92 Å². The number of benzene rings is 2. The van der Waals surface area contributed by atoms with Gasteiger partial charge in [-0.3, -0.25) is 14.5 Å². The Balaban J connectivity index is 1.59. The molecule has 0 N–H and O–H groups in total. The maximum Gasteiger partial charge on any atom is 0.237 e. The molecule has 0 aliphatic carbocycles. The zero-order valence-electron chi connectivity index (χ0n) is 12.7. The molecule has 2 aliphatic heterocycles. The number of anilines is 1. The first-order valence-corrected chi connectivity index (χ1v) is 7.63. The van der Waals surface area contributed by atoms with Gasteiger partial charge in [0.2, 0.25) is 18.6 Å². The second-order valence-electron chi connectivity index (χ2n) is 5.80. The van der Waals surface area contributed by atoms with Crippen molar-refractivity contribution in [1.29, 1.82) is 0 Å². The van der Waals surface area contributed by atoms with E-state index in [0.29, 0.717) is 22.7 Å². The zero-order valence-corrected chi connectivity index (χ0v) is 12.7. The number of nitrogens with zero attached hydrogens (tertiary/aromatic N) is 1. The first-order chi connectivity index (χ1) is 11.6. The van der Waals surface area contributed by atoms with E-state index in [0.717, 1.165) is 4.90 Å². The summed E-state index contributed by atoms with van der Waals surface area (Å²) in [5, 5.41) is 0. The molecule has 2 aromatic carbocycles. The van der Waals surface area contributed by atoms with Gasteiger partial charge in [-0.25, -0.2) is 4.39 Å². The fraction of sp³-hybridized carbons (Fsp3) is 0.222. The monoisotopic (exact) mass is 327 g/mol. The van der Waals surface area contributed by atoms with Gasteiger partial charge in [-0.2, -0.15) is 0 Å². The van der Waals surface area contributed by atoms with E-state index in [1.54, 1.807) is 36.4 Å². The minimum absolute atomic E-state index is 0.0710. The molecular formula is C18H14FNO4. The molecule has 0 spiro atoms. The molecule has 2 aliphatic rings. The van der Waals surface area contributed by atoms with E-state index in [-0.39, 0.29) is 37.3 Å². The van der Waals surface area contributed by atoms with E-state index in [2.05, 4.69) is 0 Å². The SMILES string of the molecule is O=C1CC(Cc2ccccc2F)C(=O)N1c1ccc2c(c1)OCO2. The summed E-state index contributed by atoms with van der Waals surface area (Å²) in [5.74, 6) is -0.437. The third-order valence-corrected chi connectivity index (χ3v) is 4.28. The summed E-state index contributed by atoms with van der Waals surface area (Å²) in [6.45, 7) is 0.122. The van der Waals surface area contributed by atoms with E-state index in [1.807, 2.05) is 0 Å². The maximum atomic E-state index is 13.8. The van der Waals surface area contributed by atoms with Crippen LogP contribution in [0.25, 0.3) is 0 Å². The molecule has 2 amide bonds. The van der Waals surface area contributed by atoms with Crippen molar-refractivity contribution < 1.29 is 23.5 Å². The second-order valence-corrected chi connectivity index (χ2v) is 5.80. The van der Waals surface area contributed by atoms with Crippen LogP contribution in [0.1, 0.15) is 12.0 Å². The Labute approximate surface area is 137 Å². The Hall–Kier alpha value is -2.89. The lowest BCUT2D eigenvalue weighted by Crippen LogP contribution is -2.30. The van der Waals surface area contributed by atoms with Crippen molar-refractivity contribution in [2.24, 2.45) is 5.92 Å². The highest BCUT2D eigenvalue weighted by molar-refractivity contribution is 6.21. The minimum Gasteiger partial charge on any atom is -0.454 e. The highest BCUT2D eigenvalue weighted by Gasteiger charge is 2.40. The van der Waals surface area contributed by atoms with E-state index in [9.17, 15) is 14.0 Å².